The molecule has 0 amide bonds. The number of rotatable bonds is 3. The topological polar surface area (TPSA) is 43.6 Å². The Morgan fingerprint density at radius 3 is 2.40 bits per heavy atom. The molecule has 0 saturated carbocycles. The molecule has 0 aromatic carbocycles. The van der Waals surface area contributed by atoms with Crippen molar-refractivity contribution in [3.8, 4) is 0 Å². The predicted octanol–water partition coefficient (Wildman–Crippen LogP) is 3.51. The monoisotopic (exact) mass is 272 g/mol. The second-order valence-corrected chi connectivity index (χ2v) is 7.02. The van der Waals surface area contributed by atoms with E-state index in [1.165, 1.54) is 0 Å². The molecule has 2 rings (SSSR count). The van der Waals surface area contributed by atoms with Crippen molar-refractivity contribution in [3.63, 3.8) is 0 Å². The smallest absolute Gasteiger partial charge is 0.163 e. The first-order valence-electron chi connectivity index (χ1n) is 6.98. The molecule has 4 nitrogen and oxygen atoms in total. The summed E-state index contributed by atoms with van der Waals surface area (Å²) in [6.07, 6.45) is 4.45. The Hall–Kier alpha value is -1.71. The molecule has 2 heterocycles. The molecule has 0 N–H and O–H groups in total. The highest BCUT2D eigenvalue weighted by atomic mass is 15.1. The van der Waals surface area contributed by atoms with Crippen LogP contribution in [0.4, 0.5) is 0 Å². The van der Waals surface area contributed by atoms with Crippen LogP contribution in [-0.4, -0.2) is 19.5 Å². The molecule has 0 radical (unpaired) electrons. The maximum atomic E-state index is 4.86. The zero-order valence-corrected chi connectivity index (χ0v) is 13.4. The van der Waals surface area contributed by atoms with Gasteiger partial charge in [0.2, 0.25) is 0 Å². The molecule has 0 aliphatic carbocycles. The van der Waals surface area contributed by atoms with Crippen LogP contribution in [-0.2, 0) is 17.9 Å². The standard InChI is InChI=1S/C16H24N4/c1-8-9-16(5,6)14-19-11-12(15(2,3)4)17-10-18-13(11)20(14)7/h8,10H,1,9H2,2-7H3. The second kappa shape index (κ2) is 4.69. The first kappa shape index (κ1) is 14.7. The van der Waals surface area contributed by atoms with Crippen LogP contribution in [0.25, 0.3) is 11.2 Å². The van der Waals surface area contributed by atoms with Crippen molar-refractivity contribution >= 4 is 11.2 Å². The first-order chi connectivity index (χ1) is 9.18. The van der Waals surface area contributed by atoms with E-state index in [1.807, 2.05) is 13.1 Å². The summed E-state index contributed by atoms with van der Waals surface area (Å²) in [7, 11) is 2.02. The van der Waals surface area contributed by atoms with Gasteiger partial charge in [-0.1, -0.05) is 40.7 Å². The Balaban J connectivity index is 2.73. The van der Waals surface area contributed by atoms with Crippen LogP contribution < -0.4 is 0 Å². The Labute approximate surface area is 121 Å². The van der Waals surface area contributed by atoms with Gasteiger partial charge in [-0.25, -0.2) is 15.0 Å². The normalized spacial score (nSPS) is 12.9. The first-order valence-corrected chi connectivity index (χ1v) is 6.98. The van der Waals surface area contributed by atoms with E-state index in [-0.39, 0.29) is 10.8 Å². The van der Waals surface area contributed by atoms with Crippen molar-refractivity contribution in [3.05, 3.63) is 30.5 Å². The van der Waals surface area contributed by atoms with Crippen LogP contribution in [0.1, 0.15) is 52.6 Å². The number of hydrogen-bond donors (Lipinski definition) is 0. The number of nitrogens with zero attached hydrogens (tertiary/aromatic N) is 4. The predicted molar refractivity (Wildman–Crippen MR) is 82.8 cm³/mol. The third-order valence-corrected chi connectivity index (χ3v) is 3.63. The molecule has 2 aromatic heterocycles. The van der Waals surface area contributed by atoms with Gasteiger partial charge in [0.15, 0.2) is 5.65 Å². The Bertz CT molecular complexity index is 644. The molecule has 0 saturated heterocycles. The number of allylic oxidation sites excluding steroid dienone is 1. The number of hydrogen-bond acceptors (Lipinski definition) is 3. The van der Waals surface area contributed by atoms with Crippen molar-refractivity contribution < 1.29 is 0 Å². The summed E-state index contributed by atoms with van der Waals surface area (Å²) in [4.78, 5) is 13.7. The Morgan fingerprint density at radius 1 is 1.20 bits per heavy atom. The van der Waals surface area contributed by atoms with E-state index < -0.39 is 0 Å². The third-order valence-electron chi connectivity index (χ3n) is 3.63. The fraction of sp³-hybridized carbons (Fsp3) is 0.562. The molecule has 2 aromatic rings. The van der Waals surface area contributed by atoms with Gasteiger partial charge >= 0.3 is 0 Å². The quantitative estimate of drug-likeness (QED) is 0.803. The van der Waals surface area contributed by atoms with Crippen molar-refractivity contribution in [2.24, 2.45) is 7.05 Å². The minimum Gasteiger partial charge on any atom is -0.315 e. The van der Waals surface area contributed by atoms with Crippen LogP contribution >= 0.6 is 0 Å². The zero-order valence-electron chi connectivity index (χ0n) is 13.4. The molecule has 0 atom stereocenters. The number of aromatic nitrogens is 4. The van der Waals surface area contributed by atoms with E-state index in [0.29, 0.717) is 0 Å². The molecular weight excluding hydrogens is 248 g/mol. The van der Waals surface area contributed by atoms with Gasteiger partial charge in [-0.3, -0.25) is 0 Å². The maximum absolute atomic E-state index is 4.86. The lowest BCUT2D eigenvalue weighted by molar-refractivity contribution is 0.482. The Morgan fingerprint density at radius 2 is 1.85 bits per heavy atom. The van der Waals surface area contributed by atoms with Gasteiger partial charge in [0.1, 0.15) is 17.7 Å². The highest BCUT2D eigenvalue weighted by molar-refractivity contribution is 5.75. The van der Waals surface area contributed by atoms with Gasteiger partial charge in [-0.2, -0.15) is 0 Å². The zero-order chi connectivity index (χ0) is 15.1. The minimum absolute atomic E-state index is 0.0462. The summed E-state index contributed by atoms with van der Waals surface area (Å²) in [6.45, 7) is 14.7. The lowest BCUT2D eigenvalue weighted by atomic mass is 9.88. The minimum atomic E-state index is -0.0631. The summed E-state index contributed by atoms with van der Waals surface area (Å²) < 4.78 is 2.08. The van der Waals surface area contributed by atoms with Gasteiger partial charge in [0.05, 0.1) is 5.69 Å². The van der Waals surface area contributed by atoms with Crippen LogP contribution in [0.3, 0.4) is 0 Å². The Kier molecular flexibility index (Phi) is 3.44. The second-order valence-electron chi connectivity index (χ2n) is 7.02. The van der Waals surface area contributed by atoms with Crippen molar-refractivity contribution in [2.75, 3.05) is 0 Å². The fourth-order valence-corrected chi connectivity index (χ4v) is 2.61. The van der Waals surface area contributed by atoms with E-state index in [9.17, 15) is 0 Å². The van der Waals surface area contributed by atoms with E-state index >= 15 is 0 Å². The van der Waals surface area contributed by atoms with Crippen LogP contribution in [0.15, 0.2) is 19.0 Å². The van der Waals surface area contributed by atoms with Gasteiger partial charge in [0.25, 0.3) is 0 Å². The van der Waals surface area contributed by atoms with Crippen molar-refractivity contribution in [1.29, 1.82) is 0 Å². The van der Waals surface area contributed by atoms with Crippen LogP contribution in [0.5, 0.6) is 0 Å². The molecule has 0 unspecified atom stereocenters. The van der Waals surface area contributed by atoms with E-state index in [4.69, 9.17) is 4.98 Å². The lowest BCUT2D eigenvalue weighted by Crippen LogP contribution is -2.21. The summed E-state index contributed by atoms with van der Waals surface area (Å²) in [5, 5.41) is 0. The molecule has 108 valence electrons. The van der Waals surface area contributed by atoms with E-state index in [1.54, 1.807) is 6.33 Å². The van der Waals surface area contributed by atoms with Crippen molar-refractivity contribution in [1.82, 2.24) is 19.5 Å². The van der Waals surface area contributed by atoms with Crippen LogP contribution in [0, 0.1) is 0 Å². The van der Waals surface area contributed by atoms with Gasteiger partial charge in [-0.15, -0.1) is 6.58 Å². The molecule has 20 heavy (non-hydrogen) atoms. The molecule has 0 aliphatic heterocycles. The van der Waals surface area contributed by atoms with Gasteiger partial charge in [0, 0.05) is 17.9 Å². The highest BCUT2D eigenvalue weighted by Crippen LogP contribution is 2.32. The maximum Gasteiger partial charge on any atom is 0.163 e. The van der Waals surface area contributed by atoms with E-state index in [2.05, 4.69) is 55.7 Å². The summed E-state index contributed by atoms with van der Waals surface area (Å²) >= 11 is 0. The lowest BCUT2D eigenvalue weighted by Gasteiger charge is -2.22. The fourth-order valence-electron chi connectivity index (χ4n) is 2.61. The summed E-state index contributed by atoms with van der Waals surface area (Å²) in [5.41, 5.74) is 2.70. The van der Waals surface area contributed by atoms with Crippen LogP contribution in [0.2, 0.25) is 0 Å². The molecule has 4 heteroatoms. The van der Waals surface area contributed by atoms with Gasteiger partial charge in [-0.05, 0) is 6.42 Å². The third kappa shape index (κ3) is 2.35. The van der Waals surface area contributed by atoms with Crippen molar-refractivity contribution in [2.45, 2.75) is 51.9 Å². The van der Waals surface area contributed by atoms with E-state index in [0.717, 1.165) is 29.1 Å². The average Bonchev–Trinajstić information content (AvgIpc) is 2.66. The highest BCUT2D eigenvalue weighted by Gasteiger charge is 2.29. The summed E-state index contributed by atoms with van der Waals surface area (Å²) in [6, 6.07) is 0. The summed E-state index contributed by atoms with van der Waals surface area (Å²) in [5.74, 6) is 1.03. The molecule has 0 aliphatic rings. The number of aryl methyl sites for hydroxylation is 1. The number of imidazole rings is 1. The molecule has 0 fully saturated rings. The molecule has 0 spiro atoms. The SMILES string of the molecule is C=CCC(C)(C)c1nc2c(C(C)(C)C)ncnc2n1C. The van der Waals surface area contributed by atoms with Gasteiger partial charge < -0.3 is 4.57 Å². The largest absolute Gasteiger partial charge is 0.315 e. The molecular formula is C16H24N4. The average molecular weight is 272 g/mol. The number of fused-ring (bicyclic) bond motifs is 1. The molecule has 0 bridgehead atoms.